The maximum absolute atomic E-state index is 13.0. The van der Waals surface area contributed by atoms with Gasteiger partial charge >= 0.3 is 0 Å². The number of piperidine rings is 2. The Morgan fingerprint density at radius 2 is 2.03 bits per heavy atom. The van der Waals surface area contributed by atoms with E-state index in [1.54, 1.807) is 7.11 Å². The van der Waals surface area contributed by atoms with Crippen molar-refractivity contribution in [1.82, 2.24) is 9.80 Å². The zero-order chi connectivity index (χ0) is 20.2. The lowest BCUT2D eigenvalue weighted by atomic mass is 9.83. The lowest BCUT2D eigenvalue weighted by Gasteiger charge is -2.47. The fourth-order valence-electron chi connectivity index (χ4n) is 5.20. The minimum Gasteiger partial charge on any atom is -0.497 e. The number of hydrogen-bond acceptors (Lipinski definition) is 3. The molecule has 29 heavy (non-hydrogen) atoms. The summed E-state index contributed by atoms with van der Waals surface area (Å²) in [6.45, 7) is 2.33. The third-order valence-electron chi connectivity index (χ3n) is 6.76. The van der Waals surface area contributed by atoms with Crippen LogP contribution in [0.2, 0.25) is 0 Å². The Balaban J connectivity index is 1.40. The zero-order valence-electron chi connectivity index (χ0n) is 17.4. The summed E-state index contributed by atoms with van der Waals surface area (Å²) in [4.78, 5) is 30.1. The zero-order valence-corrected chi connectivity index (χ0v) is 17.4. The van der Waals surface area contributed by atoms with Gasteiger partial charge in [-0.25, -0.2) is 0 Å². The molecule has 0 saturated carbocycles. The largest absolute Gasteiger partial charge is 0.497 e. The number of carbonyl (C=O) groups excluding carboxylic acids is 2. The number of likely N-dealkylation sites (tertiary alicyclic amines) is 2. The number of hydrogen-bond donors (Lipinski definition) is 0. The van der Waals surface area contributed by atoms with E-state index in [2.05, 4.69) is 11.0 Å². The Hall–Kier alpha value is -2.30. The standard InChI is InChI=1S/C24H32N2O3/c1-29-21-11-5-9-19(16-21)24(28)25-14-12-22-20(17-25)10-6-13-26(22)23(27)15-18-7-3-2-4-8-18/h5,7,9,11,16,20,22H,2-4,6,8,10,12-15,17H2,1H3/t20-,22-/m1/s1. The molecule has 0 bridgehead atoms. The van der Waals surface area contributed by atoms with Gasteiger partial charge in [0.1, 0.15) is 5.75 Å². The van der Waals surface area contributed by atoms with Crippen LogP contribution in [-0.4, -0.2) is 54.4 Å². The quantitative estimate of drug-likeness (QED) is 0.722. The highest BCUT2D eigenvalue weighted by molar-refractivity contribution is 5.94. The Bertz CT molecular complexity index is 788. The average molecular weight is 397 g/mol. The molecule has 2 aliphatic heterocycles. The van der Waals surface area contributed by atoms with Crippen LogP contribution in [0.4, 0.5) is 0 Å². The highest BCUT2D eigenvalue weighted by Gasteiger charge is 2.39. The number of rotatable bonds is 4. The van der Waals surface area contributed by atoms with Crippen molar-refractivity contribution in [3.8, 4) is 5.75 Å². The van der Waals surface area contributed by atoms with E-state index < -0.39 is 0 Å². The van der Waals surface area contributed by atoms with Gasteiger partial charge in [0.05, 0.1) is 7.11 Å². The summed E-state index contributed by atoms with van der Waals surface area (Å²) < 4.78 is 5.26. The van der Waals surface area contributed by atoms with Crippen molar-refractivity contribution in [2.24, 2.45) is 5.92 Å². The summed E-state index contributed by atoms with van der Waals surface area (Å²) >= 11 is 0. The van der Waals surface area contributed by atoms with Crippen LogP contribution in [0, 0.1) is 5.92 Å². The minimum atomic E-state index is 0.0677. The van der Waals surface area contributed by atoms with E-state index in [0.717, 1.165) is 45.2 Å². The van der Waals surface area contributed by atoms with Crippen molar-refractivity contribution in [2.75, 3.05) is 26.7 Å². The lowest BCUT2D eigenvalue weighted by Crippen LogP contribution is -2.56. The number of nitrogens with zero attached hydrogens (tertiary/aromatic N) is 2. The molecule has 0 aromatic heterocycles. The molecule has 1 aromatic carbocycles. The lowest BCUT2D eigenvalue weighted by molar-refractivity contribution is -0.137. The Morgan fingerprint density at radius 1 is 1.14 bits per heavy atom. The second-order valence-electron chi connectivity index (χ2n) is 8.61. The van der Waals surface area contributed by atoms with Gasteiger partial charge in [0, 0.05) is 37.7 Å². The first-order chi connectivity index (χ1) is 14.2. The van der Waals surface area contributed by atoms with Gasteiger partial charge < -0.3 is 14.5 Å². The van der Waals surface area contributed by atoms with E-state index in [1.165, 1.54) is 18.4 Å². The summed E-state index contributed by atoms with van der Waals surface area (Å²) in [6, 6.07) is 7.67. The third-order valence-corrected chi connectivity index (χ3v) is 6.76. The fraction of sp³-hybridized carbons (Fsp3) is 0.583. The van der Waals surface area contributed by atoms with E-state index in [1.807, 2.05) is 29.2 Å². The molecule has 0 radical (unpaired) electrons. The van der Waals surface area contributed by atoms with Gasteiger partial charge in [0.2, 0.25) is 5.91 Å². The van der Waals surface area contributed by atoms with Crippen LogP contribution >= 0.6 is 0 Å². The summed E-state index contributed by atoms with van der Waals surface area (Å²) in [5.41, 5.74) is 2.00. The van der Waals surface area contributed by atoms with Crippen LogP contribution in [0.25, 0.3) is 0 Å². The summed E-state index contributed by atoms with van der Waals surface area (Å²) in [5, 5.41) is 0. The van der Waals surface area contributed by atoms with Crippen LogP contribution in [0.5, 0.6) is 5.75 Å². The number of carbonyl (C=O) groups is 2. The van der Waals surface area contributed by atoms with E-state index in [9.17, 15) is 9.59 Å². The van der Waals surface area contributed by atoms with Crippen molar-refractivity contribution in [1.29, 1.82) is 0 Å². The maximum Gasteiger partial charge on any atom is 0.253 e. The monoisotopic (exact) mass is 396 g/mol. The Morgan fingerprint density at radius 3 is 2.83 bits per heavy atom. The fourth-order valence-corrected chi connectivity index (χ4v) is 5.20. The molecule has 2 amide bonds. The van der Waals surface area contributed by atoms with Crippen molar-refractivity contribution in [2.45, 2.75) is 57.4 Å². The topological polar surface area (TPSA) is 49.9 Å². The molecule has 0 unspecified atom stereocenters. The molecule has 1 aromatic rings. The molecule has 2 fully saturated rings. The van der Waals surface area contributed by atoms with Gasteiger partial charge in [0.15, 0.2) is 0 Å². The van der Waals surface area contributed by atoms with Gasteiger partial charge in [-0.3, -0.25) is 9.59 Å². The molecular weight excluding hydrogens is 364 g/mol. The first kappa shape index (κ1) is 20.0. The Kier molecular flexibility index (Phi) is 6.22. The summed E-state index contributed by atoms with van der Waals surface area (Å²) in [7, 11) is 1.62. The van der Waals surface area contributed by atoms with Crippen LogP contribution in [-0.2, 0) is 4.79 Å². The first-order valence-corrected chi connectivity index (χ1v) is 11.1. The van der Waals surface area contributed by atoms with E-state index >= 15 is 0 Å². The van der Waals surface area contributed by atoms with Gasteiger partial charge in [-0.2, -0.15) is 0 Å². The van der Waals surface area contributed by atoms with Gasteiger partial charge in [-0.15, -0.1) is 0 Å². The molecule has 2 heterocycles. The molecule has 156 valence electrons. The summed E-state index contributed by atoms with van der Waals surface area (Å²) in [6.07, 6.45) is 10.5. The molecule has 0 N–H and O–H groups in total. The number of benzene rings is 1. The van der Waals surface area contributed by atoms with Crippen LogP contribution < -0.4 is 4.74 Å². The highest BCUT2D eigenvalue weighted by atomic mass is 16.5. The number of allylic oxidation sites excluding steroid dienone is 1. The number of ether oxygens (including phenoxy) is 1. The van der Waals surface area contributed by atoms with Gasteiger partial charge in [-0.05, 0) is 69.1 Å². The van der Waals surface area contributed by atoms with Crippen molar-refractivity contribution in [3.63, 3.8) is 0 Å². The SMILES string of the molecule is COc1cccc(C(=O)N2CC[C@@H]3[C@H](CCCN3C(=O)CC3=CCCCC3)C2)c1. The molecule has 5 nitrogen and oxygen atoms in total. The minimum absolute atomic E-state index is 0.0677. The highest BCUT2D eigenvalue weighted by Crippen LogP contribution is 2.33. The number of fused-ring (bicyclic) bond motifs is 1. The second-order valence-corrected chi connectivity index (χ2v) is 8.61. The molecule has 3 aliphatic rings. The molecule has 2 atom stereocenters. The smallest absolute Gasteiger partial charge is 0.253 e. The first-order valence-electron chi connectivity index (χ1n) is 11.1. The number of amides is 2. The van der Waals surface area contributed by atoms with Crippen molar-refractivity contribution in [3.05, 3.63) is 41.5 Å². The van der Waals surface area contributed by atoms with Crippen molar-refractivity contribution >= 4 is 11.8 Å². The third kappa shape index (κ3) is 4.49. The predicted molar refractivity (Wildman–Crippen MR) is 113 cm³/mol. The molecule has 4 rings (SSSR count). The molecule has 0 spiro atoms. The molecule has 2 saturated heterocycles. The van der Waals surface area contributed by atoms with Crippen LogP contribution in [0.15, 0.2) is 35.9 Å². The van der Waals surface area contributed by atoms with Crippen molar-refractivity contribution < 1.29 is 14.3 Å². The normalized spacial score (nSPS) is 24.5. The maximum atomic E-state index is 13.0. The molecule has 1 aliphatic carbocycles. The van der Waals surface area contributed by atoms with Gasteiger partial charge in [0.25, 0.3) is 5.91 Å². The second kappa shape index (κ2) is 9.02. The average Bonchev–Trinajstić information content (AvgIpc) is 2.78. The van der Waals surface area contributed by atoms with Crippen LogP contribution in [0.3, 0.4) is 0 Å². The summed E-state index contributed by atoms with van der Waals surface area (Å²) in [5.74, 6) is 1.45. The van der Waals surface area contributed by atoms with Crippen LogP contribution in [0.1, 0.15) is 61.7 Å². The Labute approximate surface area is 173 Å². The molecular formula is C24H32N2O3. The number of methoxy groups -OCH3 is 1. The molecule has 5 heteroatoms. The van der Waals surface area contributed by atoms with E-state index in [0.29, 0.717) is 36.1 Å². The predicted octanol–water partition coefficient (Wildman–Crippen LogP) is 4.04. The van der Waals surface area contributed by atoms with E-state index in [-0.39, 0.29) is 11.9 Å². The van der Waals surface area contributed by atoms with E-state index in [4.69, 9.17) is 4.74 Å². The van der Waals surface area contributed by atoms with Gasteiger partial charge in [-0.1, -0.05) is 17.7 Å².